The molecule has 0 unspecified atom stereocenters. The smallest absolute Gasteiger partial charge is 0.261 e. The van der Waals surface area contributed by atoms with Crippen molar-refractivity contribution in [1.82, 2.24) is 19.6 Å². The topological polar surface area (TPSA) is 93.4 Å². The van der Waals surface area contributed by atoms with Crippen molar-refractivity contribution >= 4 is 28.7 Å². The zero-order valence-corrected chi connectivity index (χ0v) is 22.0. The summed E-state index contributed by atoms with van der Waals surface area (Å²) >= 11 is 0. The number of carbonyl (C=O) groups is 1. The molecule has 2 N–H and O–H groups in total. The molecular formula is C31H21F3N6O2. The number of pyridine rings is 1. The molecular weight excluding hydrogens is 545 g/mol. The molecule has 0 fully saturated rings. The Morgan fingerprint density at radius 2 is 1.67 bits per heavy atom. The van der Waals surface area contributed by atoms with E-state index in [1.54, 1.807) is 53.3 Å². The van der Waals surface area contributed by atoms with Crippen LogP contribution in [0.3, 0.4) is 0 Å². The number of benzene rings is 3. The average Bonchev–Trinajstić information content (AvgIpc) is 3.37. The fourth-order valence-corrected chi connectivity index (χ4v) is 4.54. The van der Waals surface area contributed by atoms with E-state index in [0.29, 0.717) is 33.9 Å². The number of nitrogens with one attached hydrogen (secondary N) is 2. The van der Waals surface area contributed by atoms with Gasteiger partial charge in [0.2, 0.25) is 5.95 Å². The lowest BCUT2D eigenvalue weighted by atomic mass is 10.0. The molecule has 11 heteroatoms. The number of carbonyl (C=O) groups excluding carboxylic acids is 1. The first kappa shape index (κ1) is 26.5. The van der Waals surface area contributed by atoms with E-state index in [1.807, 2.05) is 18.2 Å². The Morgan fingerprint density at radius 3 is 2.45 bits per heavy atom. The average molecular weight is 567 g/mol. The van der Waals surface area contributed by atoms with Crippen LogP contribution < -0.4 is 15.4 Å². The molecule has 0 radical (unpaired) electrons. The number of aromatic nitrogens is 4. The van der Waals surface area contributed by atoms with Gasteiger partial charge >= 0.3 is 0 Å². The lowest BCUT2D eigenvalue weighted by Crippen LogP contribution is -2.15. The highest BCUT2D eigenvalue weighted by atomic mass is 19.1. The largest absolute Gasteiger partial charge is 0.494 e. The number of anilines is 3. The summed E-state index contributed by atoms with van der Waals surface area (Å²) in [5.74, 6) is -3.03. The Hall–Kier alpha value is -5.71. The molecule has 0 bridgehead atoms. The van der Waals surface area contributed by atoms with E-state index in [4.69, 9.17) is 9.84 Å². The maximum Gasteiger partial charge on any atom is 0.261 e. The standard InChI is InChI=1S/C31H21F3N6O2/c1-42-26-12-11-20(17-23(26)34)37-31-35-14-13-24(38-31)28-25-10-2-3-15-40(25)39-29(28)18-6-4-7-19(16-18)36-30(41)27-21(32)8-5-9-22(27)33/h2-17H,1H3,(H,36,41)(H,35,37,38). The van der Waals surface area contributed by atoms with Crippen molar-refractivity contribution in [3.63, 3.8) is 0 Å². The molecule has 0 aliphatic heterocycles. The summed E-state index contributed by atoms with van der Waals surface area (Å²) in [7, 11) is 1.39. The highest BCUT2D eigenvalue weighted by molar-refractivity contribution is 6.05. The quantitative estimate of drug-likeness (QED) is 0.219. The number of rotatable bonds is 7. The van der Waals surface area contributed by atoms with Crippen LogP contribution in [0.4, 0.5) is 30.5 Å². The molecule has 3 heterocycles. The molecule has 42 heavy (non-hydrogen) atoms. The van der Waals surface area contributed by atoms with Gasteiger partial charge in [-0.05, 0) is 54.6 Å². The van der Waals surface area contributed by atoms with Crippen molar-refractivity contribution in [3.8, 4) is 28.3 Å². The highest BCUT2D eigenvalue weighted by Gasteiger charge is 2.20. The third-order valence-electron chi connectivity index (χ3n) is 6.44. The van der Waals surface area contributed by atoms with Gasteiger partial charge in [0.1, 0.15) is 22.9 Å². The number of methoxy groups -OCH3 is 1. The molecule has 6 rings (SSSR count). The van der Waals surface area contributed by atoms with Gasteiger partial charge in [-0.25, -0.2) is 27.7 Å². The second-order valence-electron chi connectivity index (χ2n) is 9.13. The third-order valence-corrected chi connectivity index (χ3v) is 6.44. The Morgan fingerprint density at radius 1 is 0.857 bits per heavy atom. The molecule has 0 saturated carbocycles. The van der Waals surface area contributed by atoms with E-state index < -0.39 is 28.9 Å². The summed E-state index contributed by atoms with van der Waals surface area (Å²) < 4.78 is 49.3. The first-order chi connectivity index (χ1) is 20.4. The number of hydrogen-bond acceptors (Lipinski definition) is 6. The minimum atomic E-state index is -0.961. The molecule has 3 aromatic heterocycles. The van der Waals surface area contributed by atoms with Crippen LogP contribution in [0.2, 0.25) is 0 Å². The van der Waals surface area contributed by atoms with Crippen LogP contribution in [0.1, 0.15) is 10.4 Å². The van der Waals surface area contributed by atoms with E-state index >= 15 is 0 Å². The Kier molecular flexibility index (Phi) is 6.97. The predicted octanol–water partition coefficient (Wildman–Crippen LogP) is 6.88. The monoisotopic (exact) mass is 566 g/mol. The van der Waals surface area contributed by atoms with Gasteiger partial charge in [0, 0.05) is 35.4 Å². The summed E-state index contributed by atoms with van der Waals surface area (Å²) in [5.41, 5.74) is 3.17. The van der Waals surface area contributed by atoms with E-state index in [-0.39, 0.29) is 11.7 Å². The van der Waals surface area contributed by atoms with Crippen molar-refractivity contribution in [3.05, 3.63) is 120 Å². The van der Waals surface area contributed by atoms with E-state index in [1.165, 1.54) is 25.3 Å². The molecule has 0 aliphatic carbocycles. The van der Waals surface area contributed by atoms with Gasteiger partial charge < -0.3 is 15.4 Å². The number of nitrogens with zero attached hydrogens (tertiary/aromatic N) is 4. The van der Waals surface area contributed by atoms with Crippen molar-refractivity contribution in [2.24, 2.45) is 0 Å². The van der Waals surface area contributed by atoms with Crippen LogP contribution in [0, 0.1) is 17.5 Å². The Bertz CT molecular complexity index is 1940. The molecule has 0 spiro atoms. The molecule has 3 aromatic carbocycles. The van der Waals surface area contributed by atoms with Gasteiger partial charge in [0.05, 0.1) is 23.9 Å². The summed E-state index contributed by atoms with van der Waals surface area (Å²) in [6, 6.07) is 21.7. The number of fused-ring (bicyclic) bond motifs is 1. The number of ether oxygens (including phenoxy) is 1. The summed E-state index contributed by atoms with van der Waals surface area (Å²) in [6.45, 7) is 0. The van der Waals surface area contributed by atoms with Crippen LogP contribution in [0.5, 0.6) is 5.75 Å². The second-order valence-corrected chi connectivity index (χ2v) is 9.13. The van der Waals surface area contributed by atoms with Crippen molar-refractivity contribution < 1.29 is 22.7 Å². The van der Waals surface area contributed by atoms with Gasteiger partial charge in [0.25, 0.3) is 5.91 Å². The van der Waals surface area contributed by atoms with Gasteiger partial charge in [-0.3, -0.25) is 4.79 Å². The van der Waals surface area contributed by atoms with Crippen LogP contribution in [0.15, 0.2) is 97.3 Å². The van der Waals surface area contributed by atoms with Crippen LogP contribution in [-0.2, 0) is 0 Å². The molecule has 8 nitrogen and oxygen atoms in total. The zero-order valence-electron chi connectivity index (χ0n) is 22.0. The normalized spacial score (nSPS) is 11.0. The maximum absolute atomic E-state index is 14.2. The minimum absolute atomic E-state index is 0.115. The fourth-order valence-electron chi connectivity index (χ4n) is 4.54. The van der Waals surface area contributed by atoms with Crippen LogP contribution in [-0.4, -0.2) is 32.6 Å². The lowest BCUT2D eigenvalue weighted by Gasteiger charge is -2.10. The van der Waals surface area contributed by atoms with Gasteiger partial charge in [-0.2, -0.15) is 5.10 Å². The summed E-state index contributed by atoms with van der Waals surface area (Å²) in [5, 5.41) is 10.3. The molecule has 1 amide bonds. The van der Waals surface area contributed by atoms with Gasteiger partial charge in [-0.15, -0.1) is 0 Å². The van der Waals surface area contributed by atoms with Gasteiger partial charge in [-0.1, -0.05) is 24.3 Å². The first-order valence-electron chi connectivity index (χ1n) is 12.7. The minimum Gasteiger partial charge on any atom is -0.494 e. The van der Waals surface area contributed by atoms with Crippen LogP contribution in [0.25, 0.3) is 28.0 Å². The van der Waals surface area contributed by atoms with Crippen molar-refractivity contribution in [2.45, 2.75) is 0 Å². The molecule has 0 aliphatic rings. The second kappa shape index (κ2) is 11.0. The highest BCUT2D eigenvalue weighted by Crippen LogP contribution is 2.35. The van der Waals surface area contributed by atoms with E-state index in [2.05, 4.69) is 20.6 Å². The predicted molar refractivity (Wildman–Crippen MR) is 152 cm³/mol. The number of halogens is 3. The third kappa shape index (κ3) is 5.10. The summed E-state index contributed by atoms with van der Waals surface area (Å²) in [4.78, 5) is 21.7. The van der Waals surface area contributed by atoms with Crippen molar-refractivity contribution in [2.75, 3.05) is 17.7 Å². The Labute approximate surface area is 237 Å². The number of amides is 1. The molecule has 208 valence electrons. The molecule has 0 atom stereocenters. The lowest BCUT2D eigenvalue weighted by molar-refractivity contribution is 0.101. The number of hydrogen-bond donors (Lipinski definition) is 2. The van der Waals surface area contributed by atoms with Crippen molar-refractivity contribution in [1.29, 1.82) is 0 Å². The first-order valence-corrected chi connectivity index (χ1v) is 12.7. The Balaban J connectivity index is 1.38. The van der Waals surface area contributed by atoms with Gasteiger partial charge in [0.15, 0.2) is 11.6 Å². The van der Waals surface area contributed by atoms with Crippen LogP contribution >= 0.6 is 0 Å². The van der Waals surface area contributed by atoms with E-state index in [9.17, 15) is 18.0 Å². The molecule has 6 aromatic rings. The van der Waals surface area contributed by atoms with E-state index in [0.717, 1.165) is 17.6 Å². The summed E-state index contributed by atoms with van der Waals surface area (Å²) in [6.07, 6.45) is 3.36. The molecule has 0 saturated heterocycles. The maximum atomic E-state index is 14.2. The fraction of sp³-hybridized carbons (Fsp3) is 0.0323. The zero-order chi connectivity index (χ0) is 29.2. The SMILES string of the molecule is COc1ccc(Nc2nccc(-c3c(-c4cccc(NC(=O)c5c(F)cccc5F)c4)nn4ccccc34)n2)cc1F.